The standard InChI is InChI=1S/C19H18ClN3OS/c20-15-5-4-6-17-14(15)12-21-16-11-13(7-8-18(16)25-17)19(24)22-23-9-2-1-3-10-23/h4-8,11-12H,1-3,9-10H2,(H,22,24). The fourth-order valence-electron chi connectivity index (χ4n) is 3.04. The predicted octanol–water partition coefficient (Wildman–Crippen LogP) is 4.69. The number of piperidine rings is 1. The number of hydrazine groups is 1. The third-order valence-electron chi connectivity index (χ3n) is 4.40. The van der Waals surface area contributed by atoms with Crippen LogP contribution in [0.4, 0.5) is 5.69 Å². The van der Waals surface area contributed by atoms with Gasteiger partial charge >= 0.3 is 0 Å². The van der Waals surface area contributed by atoms with Crippen molar-refractivity contribution >= 4 is 41.2 Å². The summed E-state index contributed by atoms with van der Waals surface area (Å²) < 4.78 is 0. The highest BCUT2D eigenvalue weighted by Gasteiger charge is 2.17. The number of hydrogen-bond acceptors (Lipinski definition) is 4. The molecule has 2 aromatic rings. The number of halogens is 1. The van der Waals surface area contributed by atoms with Gasteiger partial charge in [0.25, 0.3) is 5.91 Å². The van der Waals surface area contributed by atoms with Crippen molar-refractivity contribution in [3.8, 4) is 0 Å². The van der Waals surface area contributed by atoms with Crippen LogP contribution in [0.25, 0.3) is 0 Å². The number of carbonyl (C=O) groups excluding carboxylic acids is 1. The second-order valence-corrected chi connectivity index (χ2v) is 7.67. The van der Waals surface area contributed by atoms with Crippen molar-refractivity contribution < 1.29 is 4.79 Å². The Morgan fingerprint density at radius 3 is 2.80 bits per heavy atom. The van der Waals surface area contributed by atoms with Gasteiger partial charge in [0.05, 0.1) is 10.7 Å². The Morgan fingerprint density at radius 2 is 1.96 bits per heavy atom. The average Bonchev–Trinajstić information content (AvgIpc) is 2.82. The van der Waals surface area contributed by atoms with Crippen molar-refractivity contribution in [1.29, 1.82) is 0 Å². The molecular weight excluding hydrogens is 354 g/mol. The lowest BCUT2D eigenvalue weighted by atomic mass is 10.1. The van der Waals surface area contributed by atoms with Crippen LogP contribution >= 0.6 is 23.4 Å². The maximum atomic E-state index is 12.5. The molecule has 1 saturated heterocycles. The second kappa shape index (κ2) is 7.20. The molecule has 0 radical (unpaired) electrons. The first-order chi connectivity index (χ1) is 12.2. The van der Waals surface area contributed by atoms with Crippen LogP contribution in [-0.2, 0) is 0 Å². The molecule has 128 valence electrons. The summed E-state index contributed by atoms with van der Waals surface area (Å²) in [6.07, 6.45) is 5.28. The molecule has 2 heterocycles. The molecule has 1 fully saturated rings. The molecule has 0 spiro atoms. The molecule has 2 aliphatic heterocycles. The van der Waals surface area contributed by atoms with Gasteiger partial charge in [0.2, 0.25) is 0 Å². The van der Waals surface area contributed by atoms with Crippen LogP contribution in [0.1, 0.15) is 35.2 Å². The number of benzene rings is 2. The van der Waals surface area contributed by atoms with Crippen molar-refractivity contribution in [2.45, 2.75) is 29.1 Å². The van der Waals surface area contributed by atoms with Crippen LogP contribution < -0.4 is 5.43 Å². The number of nitrogens with zero attached hydrogens (tertiary/aromatic N) is 2. The lowest BCUT2D eigenvalue weighted by molar-refractivity contribution is 0.0750. The van der Waals surface area contributed by atoms with E-state index in [1.54, 1.807) is 18.0 Å². The van der Waals surface area contributed by atoms with Gasteiger partial charge in [0, 0.05) is 40.2 Å². The van der Waals surface area contributed by atoms with E-state index in [0.717, 1.165) is 47.0 Å². The molecular formula is C19H18ClN3OS. The second-order valence-electron chi connectivity index (χ2n) is 6.18. The molecule has 2 aromatic carbocycles. The molecule has 0 atom stereocenters. The summed E-state index contributed by atoms with van der Waals surface area (Å²) in [6, 6.07) is 11.5. The first kappa shape index (κ1) is 16.6. The Kier molecular flexibility index (Phi) is 4.79. The SMILES string of the molecule is O=C(NN1CCCCC1)c1ccc2c(c1)N=Cc1c(Cl)cccc1S2. The summed E-state index contributed by atoms with van der Waals surface area (Å²) in [5.41, 5.74) is 5.34. The van der Waals surface area contributed by atoms with E-state index in [0.29, 0.717) is 10.6 Å². The molecule has 2 aliphatic rings. The van der Waals surface area contributed by atoms with Gasteiger partial charge in [-0.05, 0) is 43.2 Å². The third-order valence-corrected chi connectivity index (χ3v) is 5.87. The number of rotatable bonds is 2. The fraction of sp³-hybridized carbons (Fsp3) is 0.263. The zero-order valence-corrected chi connectivity index (χ0v) is 15.2. The van der Waals surface area contributed by atoms with E-state index in [2.05, 4.69) is 10.4 Å². The first-order valence-corrected chi connectivity index (χ1v) is 9.60. The van der Waals surface area contributed by atoms with Gasteiger partial charge in [0.15, 0.2) is 0 Å². The largest absolute Gasteiger partial charge is 0.285 e. The number of amides is 1. The number of carbonyl (C=O) groups is 1. The van der Waals surface area contributed by atoms with Crippen molar-refractivity contribution in [2.75, 3.05) is 13.1 Å². The monoisotopic (exact) mass is 371 g/mol. The maximum Gasteiger partial charge on any atom is 0.265 e. The number of hydrogen-bond donors (Lipinski definition) is 1. The van der Waals surface area contributed by atoms with Gasteiger partial charge < -0.3 is 0 Å². The number of nitrogens with one attached hydrogen (secondary N) is 1. The van der Waals surface area contributed by atoms with Crippen molar-refractivity contribution in [2.24, 2.45) is 4.99 Å². The molecule has 4 nitrogen and oxygen atoms in total. The van der Waals surface area contributed by atoms with Gasteiger partial charge in [-0.3, -0.25) is 15.2 Å². The Bertz CT molecular complexity index is 847. The Labute approximate surface area is 156 Å². The van der Waals surface area contributed by atoms with Gasteiger partial charge in [-0.25, -0.2) is 5.01 Å². The zero-order chi connectivity index (χ0) is 17.2. The summed E-state index contributed by atoms with van der Waals surface area (Å²) in [5, 5.41) is 2.69. The topological polar surface area (TPSA) is 44.7 Å². The van der Waals surface area contributed by atoms with Crippen LogP contribution in [0.5, 0.6) is 0 Å². The molecule has 1 N–H and O–H groups in total. The Balaban J connectivity index is 1.58. The zero-order valence-electron chi connectivity index (χ0n) is 13.7. The van der Waals surface area contributed by atoms with E-state index in [1.807, 2.05) is 41.4 Å². The minimum absolute atomic E-state index is 0.0790. The lowest BCUT2D eigenvalue weighted by Crippen LogP contribution is -2.45. The van der Waals surface area contributed by atoms with E-state index in [4.69, 9.17) is 11.6 Å². The third kappa shape index (κ3) is 3.59. The lowest BCUT2D eigenvalue weighted by Gasteiger charge is -2.26. The highest BCUT2D eigenvalue weighted by atomic mass is 35.5. The van der Waals surface area contributed by atoms with Crippen LogP contribution in [0, 0.1) is 0 Å². The van der Waals surface area contributed by atoms with Crippen LogP contribution in [0.3, 0.4) is 0 Å². The molecule has 1 amide bonds. The predicted molar refractivity (Wildman–Crippen MR) is 102 cm³/mol. The summed E-state index contributed by atoms with van der Waals surface area (Å²) in [4.78, 5) is 19.2. The van der Waals surface area contributed by atoms with Gasteiger partial charge in [-0.1, -0.05) is 35.9 Å². The summed E-state index contributed by atoms with van der Waals surface area (Å²) in [6.45, 7) is 1.83. The van der Waals surface area contributed by atoms with Gasteiger partial charge in [-0.15, -0.1) is 0 Å². The minimum Gasteiger partial charge on any atom is -0.285 e. The summed E-state index contributed by atoms with van der Waals surface area (Å²) in [7, 11) is 0. The molecule has 25 heavy (non-hydrogen) atoms. The number of aliphatic imine (C=N–C) groups is 1. The van der Waals surface area contributed by atoms with E-state index >= 15 is 0 Å². The first-order valence-electron chi connectivity index (χ1n) is 8.41. The molecule has 0 aromatic heterocycles. The smallest absolute Gasteiger partial charge is 0.265 e. The van der Waals surface area contributed by atoms with Crippen molar-refractivity contribution in [3.05, 3.63) is 52.5 Å². The summed E-state index contributed by atoms with van der Waals surface area (Å²) in [5.74, 6) is -0.0790. The van der Waals surface area contributed by atoms with Gasteiger partial charge in [0.1, 0.15) is 0 Å². The summed E-state index contributed by atoms with van der Waals surface area (Å²) >= 11 is 7.90. The average molecular weight is 372 g/mol. The van der Waals surface area contributed by atoms with E-state index < -0.39 is 0 Å². The van der Waals surface area contributed by atoms with Crippen molar-refractivity contribution in [1.82, 2.24) is 10.4 Å². The normalized spacial score (nSPS) is 16.7. The molecule has 4 rings (SSSR count). The molecule has 0 aliphatic carbocycles. The molecule has 6 heteroatoms. The van der Waals surface area contributed by atoms with E-state index in [9.17, 15) is 4.79 Å². The van der Waals surface area contributed by atoms with E-state index in [-0.39, 0.29) is 5.91 Å². The highest BCUT2D eigenvalue weighted by molar-refractivity contribution is 7.99. The number of fused-ring (bicyclic) bond motifs is 2. The maximum absolute atomic E-state index is 12.5. The van der Waals surface area contributed by atoms with Gasteiger partial charge in [-0.2, -0.15) is 0 Å². The molecule has 0 unspecified atom stereocenters. The quantitative estimate of drug-likeness (QED) is 0.711. The van der Waals surface area contributed by atoms with Crippen LogP contribution in [0.2, 0.25) is 5.02 Å². The Hall–Kier alpha value is -1.82. The van der Waals surface area contributed by atoms with Crippen LogP contribution in [-0.4, -0.2) is 30.2 Å². The van der Waals surface area contributed by atoms with Crippen LogP contribution in [0.15, 0.2) is 51.2 Å². The highest BCUT2D eigenvalue weighted by Crippen LogP contribution is 2.40. The fourth-order valence-corrected chi connectivity index (χ4v) is 4.33. The van der Waals surface area contributed by atoms with E-state index in [1.165, 1.54) is 6.42 Å². The minimum atomic E-state index is -0.0790. The van der Waals surface area contributed by atoms with Crippen molar-refractivity contribution in [3.63, 3.8) is 0 Å². The molecule has 0 saturated carbocycles. The Morgan fingerprint density at radius 1 is 1.12 bits per heavy atom. The molecule has 0 bridgehead atoms.